The molecular formula is C12H20N2O6. The first-order valence-corrected chi connectivity index (χ1v) is 6.31. The SMILES string of the molecule is CCN(CC(=O)OC)C(=O)N(C)C1COCC1C(=O)O. The summed E-state index contributed by atoms with van der Waals surface area (Å²) in [4.78, 5) is 37.2. The van der Waals surface area contributed by atoms with Gasteiger partial charge >= 0.3 is 18.0 Å². The molecule has 0 aromatic heterocycles. The van der Waals surface area contributed by atoms with E-state index in [1.54, 1.807) is 6.92 Å². The number of carbonyl (C=O) groups is 3. The second-order valence-electron chi connectivity index (χ2n) is 4.53. The zero-order chi connectivity index (χ0) is 15.3. The Kier molecular flexibility index (Phi) is 5.75. The smallest absolute Gasteiger partial charge is 0.325 e. The summed E-state index contributed by atoms with van der Waals surface area (Å²) >= 11 is 0. The van der Waals surface area contributed by atoms with Gasteiger partial charge in [0.2, 0.25) is 0 Å². The van der Waals surface area contributed by atoms with Crippen molar-refractivity contribution >= 4 is 18.0 Å². The van der Waals surface area contributed by atoms with Gasteiger partial charge < -0.3 is 24.4 Å². The van der Waals surface area contributed by atoms with Crippen LogP contribution in [-0.2, 0) is 19.1 Å². The molecule has 2 unspecified atom stereocenters. The lowest BCUT2D eigenvalue weighted by Crippen LogP contribution is -2.51. The minimum atomic E-state index is -0.997. The van der Waals surface area contributed by atoms with Crippen molar-refractivity contribution in [1.82, 2.24) is 9.80 Å². The van der Waals surface area contributed by atoms with Gasteiger partial charge in [0, 0.05) is 13.6 Å². The third-order valence-electron chi connectivity index (χ3n) is 3.37. The normalized spacial score (nSPS) is 21.4. The topological polar surface area (TPSA) is 96.4 Å². The van der Waals surface area contributed by atoms with E-state index in [2.05, 4.69) is 4.74 Å². The Balaban J connectivity index is 2.73. The maximum atomic E-state index is 12.3. The van der Waals surface area contributed by atoms with Crippen LogP contribution in [0.15, 0.2) is 0 Å². The highest BCUT2D eigenvalue weighted by Crippen LogP contribution is 2.20. The molecule has 0 aliphatic carbocycles. The second-order valence-corrected chi connectivity index (χ2v) is 4.53. The number of likely N-dealkylation sites (N-methyl/N-ethyl adjacent to an activating group) is 2. The molecule has 0 bridgehead atoms. The molecule has 0 saturated carbocycles. The predicted molar refractivity (Wildman–Crippen MR) is 68.2 cm³/mol. The molecule has 1 N–H and O–H groups in total. The molecule has 2 amide bonds. The molecule has 114 valence electrons. The average Bonchev–Trinajstić information content (AvgIpc) is 2.92. The summed E-state index contributed by atoms with van der Waals surface area (Å²) in [6.07, 6.45) is 0. The van der Waals surface area contributed by atoms with Crippen molar-refractivity contribution < 1.29 is 29.0 Å². The number of esters is 1. The van der Waals surface area contributed by atoms with Crippen LogP contribution in [0, 0.1) is 5.92 Å². The van der Waals surface area contributed by atoms with E-state index < -0.39 is 29.9 Å². The van der Waals surface area contributed by atoms with Crippen molar-refractivity contribution in [3.05, 3.63) is 0 Å². The van der Waals surface area contributed by atoms with E-state index in [0.29, 0.717) is 6.54 Å². The Morgan fingerprint density at radius 2 is 2.00 bits per heavy atom. The zero-order valence-corrected chi connectivity index (χ0v) is 11.9. The van der Waals surface area contributed by atoms with Crippen molar-refractivity contribution in [2.24, 2.45) is 5.92 Å². The predicted octanol–water partition coefficient (Wildman–Crippen LogP) is -0.367. The molecular weight excluding hydrogens is 268 g/mol. The number of carboxylic acids is 1. The highest BCUT2D eigenvalue weighted by Gasteiger charge is 2.39. The number of carboxylic acid groups (broad SMARTS) is 1. The summed E-state index contributed by atoms with van der Waals surface area (Å²) in [6, 6.07) is -0.952. The maximum Gasteiger partial charge on any atom is 0.325 e. The number of hydrogen-bond acceptors (Lipinski definition) is 5. The van der Waals surface area contributed by atoms with Gasteiger partial charge in [0.1, 0.15) is 12.5 Å². The third-order valence-corrected chi connectivity index (χ3v) is 3.37. The van der Waals surface area contributed by atoms with Crippen LogP contribution < -0.4 is 0 Å². The van der Waals surface area contributed by atoms with E-state index in [9.17, 15) is 14.4 Å². The molecule has 8 nitrogen and oxygen atoms in total. The summed E-state index contributed by atoms with van der Waals surface area (Å²) in [5, 5.41) is 9.09. The molecule has 1 rings (SSSR count). The van der Waals surface area contributed by atoms with Gasteiger partial charge in [-0.25, -0.2) is 4.79 Å². The van der Waals surface area contributed by atoms with Gasteiger partial charge in [-0.3, -0.25) is 9.59 Å². The van der Waals surface area contributed by atoms with Crippen molar-refractivity contribution in [1.29, 1.82) is 0 Å². The second kappa shape index (κ2) is 7.09. The van der Waals surface area contributed by atoms with Crippen molar-refractivity contribution in [3.63, 3.8) is 0 Å². The molecule has 1 fully saturated rings. The van der Waals surface area contributed by atoms with Gasteiger partial charge in [-0.1, -0.05) is 0 Å². The Bertz CT molecular complexity index is 386. The number of carbonyl (C=O) groups excluding carboxylic acids is 2. The first kappa shape index (κ1) is 16.2. The number of rotatable bonds is 5. The number of ether oxygens (including phenoxy) is 2. The third kappa shape index (κ3) is 3.60. The highest BCUT2D eigenvalue weighted by molar-refractivity contribution is 5.81. The highest BCUT2D eigenvalue weighted by atomic mass is 16.5. The van der Waals surface area contributed by atoms with Crippen molar-refractivity contribution in [2.45, 2.75) is 13.0 Å². The summed E-state index contributed by atoms with van der Waals surface area (Å²) in [5.41, 5.74) is 0. The van der Waals surface area contributed by atoms with Gasteiger partial charge in [0.05, 0.1) is 26.4 Å². The maximum absolute atomic E-state index is 12.3. The Labute approximate surface area is 117 Å². The molecule has 2 atom stereocenters. The zero-order valence-electron chi connectivity index (χ0n) is 11.9. The Morgan fingerprint density at radius 3 is 2.50 bits per heavy atom. The summed E-state index contributed by atoms with van der Waals surface area (Å²) in [5.74, 6) is -2.27. The minimum Gasteiger partial charge on any atom is -0.481 e. The van der Waals surface area contributed by atoms with E-state index in [1.807, 2.05) is 0 Å². The van der Waals surface area contributed by atoms with Crippen LogP contribution in [-0.4, -0.2) is 79.4 Å². The van der Waals surface area contributed by atoms with Gasteiger partial charge in [0.15, 0.2) is 0 Å². The Morgan fingerprint density at radius 1 is 1.35 bits per heavy atom. The number of aliphatic carboxylic acids is 1. The molecule has 0 spiro atoms. The summed E-state index contributed by atoms with van der Waals surface area (Å²) in [7, 11) is 2.76. The molecule has 8 heteroatoms. The van der Waals surface area contributed by atoms with Crippen LogP contribution in [0.5, 0.6) is 0 Å². The molecule has 1 saturated heterocycles. The minimum absolute atomic E-state index is 0.0841. The largest absolute Gasteiger partial charge is 0.481 e. The number of urea groups is 1. The van der Waals surface area contributed by atoms with E-state index in [1.165, 1.54) is 24.0 Å². The number of hydrogen-bond donors (Lipinski definition) is 1. The first-order valence-electron chi connectivity index (χ1n) is 6.31. The molecule has 1 heterocycles. The van der Waals surface area contributed by atoms with Crippen molar-refractivity contribution in [2.75, 3.05) is 40.5 Å². The Hall–Kier alpha value is -1.83. The van der Waals surface area contributed by atoms with Gasteiger partial charge in [-0.2, -0.15) is 0 Å². The fraction of sp³-hybridized carbons (Fsp3) is 0.750. The quantitative estimate of drug-likeness (QED) is 0.694. The molecule has 1 aliphatic rings. The number of nitrogens with zero attached hydrogens (tertiary/aromatic N) is 2. The van der Waals surface area contributed by atoms with E-state index >= 15 is 0 Å². The van der Waals surface area contributed by atoms with Crippen LogP contribution in [0.4, 0.5) is 4.79 Å². The monoisotopic (exact) mass is 288 g/mol. The van der Waals surface area contributed by atoms with Crippen molar-refractivity contribution in [3.8, 4) is 0 Å². The fourth-order valence-electron chi connectivity index (χ4n) is 2.06. The molecule has 0 radical (unpaired) electrons. The molecule has 0 aromatic rings. The molecule has 20 heavy (non-hydrogen) atoms. The lowest BCUT2D eigenvalue weighted by Gasteiger charge is -2.31. The molecule has 1 aliphatic heterocycles. The average molecular weight is 288 g/mol. The summed E-state index contributed by atoms with van der Waals surface area (Å²) in [6.45, 7) is 2.15. The van der Waals surface area contributed by atoms with E-state index in [0.717, 1.165) is 0 Å². The first-order chi connectivity index (χ1) is 9.42. The van der Waals surface area contributed by atoms with Crippen LogP contribution in [0.2, 0.25) is 0 Å². The van der Waals surface area contributed by atoms with Crippen LogP contribution in [0.1, 0.15) is 6.92 Å². The lowest BCUT2D eigenvalue weighted by molar-refractivity contribution is -0.143. The lowest BCUT2D eigenvalue weighted by atomic mass is 10.0. The summed E-state index contributed by atoms with van der Waals surface area (Å²) < 4.78 is 9.66. The van der Waals surface area contributed by atoms with Gasteiger partial charge in [-0.15, -0.1) is 0 Å². The standard InChI is InChI=1S/C12H20N2O6/c1-4-14(5-10(15)19-3)12(18)13(2)9-7-20-6-8(9)11(16)17/h8-9H,4-7H2,1-3H3,(H,16,17). The van der Waals surface area contributed by atoms with Gasteiger partial charge in [0.25, 0.3) is 0 Å². The van der Waals surface area contributed by atoms with Crippen LogP contribution in [0.3, 0.4) is 0 Å². The van der Waals surface area contributed by atoms with E-state index in [-0.39, 0.29) is 19.8 Å². The van der Waals surface area contributed by atoms with Crippen LogP contribution >= 0.6 is 0 Å². The van der Waals surface area contributed by atoms with E-state index in [4.69, 9.17) is 9.84 Å². The van der Waals surface area contributed by atoms with Gasteiger partial charge in [-0.05, 0) is 6.92 Å². The number of amides is 2. The molecule has 0 aromatic carbocycles. The van der Waals surface area contributed by atoms with Crippen LogP contribution in [0.25, 0.3) is 0 Å². The fourth-order valence-corrected chi connectivity index (χ4v) is 2.06. The number of methoxy groups -OCH3 is 1.